The molecule has 0 fully saturated rings. The Kier molecular flexibility index (Phi) is 6.93. The van der Waals surface area contributed by atoms with Crippen LogP contribution in [0.3, 0.4) is 0 Å². The summed E-state index contributed by atoms with van der Waals surface area (Å²) in [5.74, 6) is 0.714. The molecule has 11 rings (SSSR count). The summed E-state index contributed by atoms with van der Waals surface area (Å²) in [6.07, 6.45) is 0. The van der Waals surface area contributed by atoms with Gasteiger partial charge in [0.1, 0.15) is 0 Å². The normalized spacial score (nSPS) is 13.1. The van der Waals surface area contributed by atoms with Gasteiger partial charge in [0.15, 0.2) is 5.82 Å². The van der Waals surface area contributed by atoms with Gasteiger partial charge in [-0.25, -0.2) is 9.97 Å². The lowest BCUT2D eigenvalue weighted by Gasteiger charge is -2.25. The van der Waals surface area contributed by atoms with Gasteiger partial charge in [-0.2, -0.15) is 0 Å². The van der Waals surface area contributed by atoms with E-state index in [-0.39, 0.29) is 5.41 Å². The number of hydrogen-bond donors (Lipinski definition) is 0. The van der Waals surface area contributed by atoms with Crippen molar-refractivity contribution in [2.24, 2.45) is 0 Å². The van der Waals surface area contributed by atoms with Crippen LogP contribution in [0.25, 0.3) is 99.2 Å². The van der Waals surface area contributed by atoms with Gasteiger partial charge < -0.3 is 0 Å². The van der Waals surface area contributed by atoms with Crippen LogP contribution in [0.1, 0.15) is 25.0 Å². The highest BCUT2D eigenvalue weighted by Gasteiger charge is 2.38. The maximum absolute atomic E-state index is 5.32. The van der Waals surface area contributed by atoms with Gasteiger partial charge in [0, 0.05) is 22.1 Å². The van der Waals surface area contributed by atoms with E-state index in [1.54, 1.807) is 0 Å². The van der Waals surface area contributed by atoms with Crippen LogP contribution in [-0.2, 0) is 5.41 Å². The fourth-order valence-corrected chi connectivity index (χ4v) is 9.25. The van der Waals surface area contributed by atoms with E-state index in [0.29, 0.717) is 5.82 Å². The quantitative estimate of drug-likeness (QED) is 0.171. The molecule has 0 bridgehead atoms. The summed E-state index contributed by atoms with van der Waals surface area (Å²) < 4.78 is 0. The molecule has 1 aliphatic rings. The zero-order valence-electron chi connectivity index (χ0n) is 30.7. The summed E-state index contributed by atoms with van der Waals surface area (Å²) in [7, 11) is 0. The number of hydrogen-bond acceptors (Lipinski definition) is 2. The molecular weight excluding hydrogens is 665 g/mol. The predicted octanol–water partition coefficient (Wildman–Crippen LogP) is 14.1. The van der Waals surface area contributed by atoms with Crippen LogP contribution in [0.4, 0.5) is 0 Å². The fourth-order valence-electron chi connectivity index (χ4n) is 9.25. The molecule has 0 radical (unpaired) electrons. The van der Waals surface area contributed by atoms with Crippen molar-refractivity contribution in [2.75, 3.05) is 0 Å². The molecule has 258 valence electrons. The van der Waals surface area contributed by atoms with Crippen LogP contribution in [0.2, 0.25) is 0 Å². The van der Waals surface area contributed by atoms with E-state index in [9.17, 15) is 0 Å². The molecule has 0 aliphatic heterocycles. The molecule has 1 aliphatic carbocycles. The Morgan fingerprint density at radius 1 is 0.345 bits per heavy atom. The highest BCUT2D eigenvalue weighted by atomic mass is 14.9. The van der Waals surface area contributed by atoms with Crippen LogP contribution in [0.15, 0.2) is 182 Å². The Labute approximate surface area is 320 Å². The van der Waals surface area contributed by atoms with Gasteiger partial charge in [-0.1, -0.05) is 172 Å². The molecule has 2 nitrogen and oxygen atoms in total. The molecule has 10 aromatic rings. The Bertz CT molecular complexity index is 3170. The Morgan fingerprint density at radius 3 is 1.58 bits per heavy atom. The molecule has 1 heterocycles. The molecule has 0 unspecified atom stereocenters. The van der Waals surface area contributed by atoms with Crippen molar-refractivity contribution in [3.05, 3.63) is 193 Å². The van der Waals surface area contributed by atoms with Gasteiger partial charge in [0.2, 0.25) is 0 Å². The van der Waals surface area contributed by atoms with Crippen molar-refractivity contribution in [1.29, 1.82) is 0 Å². The summed E-state index contributed by atoms with van der Waals surface area (Å²) in [5, 5.41) is 9.79. The summed E-state index contributed by atoms with van der Waals surface area (Å²) in [5.41, 5.74) is 12.8. The number of nitrogens with zero attached hydrogens (tertiary/aromatic N) is 2. The van der Waals surface area contributed by atoms with E-state index in [0.717, 1.165) is 28.1 Å². The monoisotopic (exact) mass is 700 g/mol. The van der Waals surface area contributed by atoms with E-state index in [4.69, 9.17) is 9.97 Å². The van der Waals surface area contributed by atoms with Gasteiger partial charge in [-0.15, -0.1) is 0 Å². The largest absolute Gasteiger partial charge is 0.228 e. The van der Waals surface area contributed by atoms with Crippen molar-refractivity contribution < 1.29 is 0 Å². The predicted molar refractivity (Wildman–Crippen MR) is 231 cm³/mol. The first-order valence-corrected chi connectivity index (χ1v) is 19.1. The second-order valence-corrected chi connectivity index (χ2v) is 15.3. The maximum Gasteiger partial charge on any atom is 0.160 e. The Balaban J connectivity index is 1.13. The minimum absolute atomic E-state index is 0.167. The molecule has 9 aromatic carbocycles. The van der Waals surface area contributed by atoms with E-state index < -0.39 is 0 Å². The first kappa shape index (κ1) is 31.6. The summed E-state index contributed by atoms with van der Waals surface area (Å²) in [6, 6.07) is 65.9. The first-order chi connectivity index (χ1) is 27.0. The van der Waals surface area contributed by atoms with Crippen LogP contribution < -0.4 is 0 Å². The third kappa shape index (κ3) is 4.88. The molecule has 0 amide bonds. The van der Waals surface area contributed by atoms with E-state index >= 15 is 0 Å². The zero-order valence-corrected chi connectivity index (χ0v) is 30.7. The number of benzene rings is 9. The highest BCUT2D eigenvalue weighted by Crippen LogP contribution is 2.54. The Morgan fingerprint density at radius 2 is 0.855 bits per heavy atom. The van der Waals surface area contributed by atoms with E-state index in [2.05, 4.69) is 190 Å². The van der Waals surface area contributed by atoms with E-state index in [1.807, 2.05) is 6.07 Å². The van der Waals surface area contributed by atoms with Crippen LogP contribution in [0, 0.1) is 0 Å². The smallest absolute Gasteiger partial charge is 0.160 e. The first-order valence-electron chi connectivity index (χ1n) is 19.1. The molecule has 0 saturated carbocycles. The number of aromatic nitrogens is 2. The minimum atomic E-state index is -0.167. The van der Waals surface area contributed by atoms with Gasteiger partial charge in [-0.05, 0) is 101 Å². The number of fused-ring (bicyclic) bond motifs is 8. The lowest BCUT2D eigenvalue weighted by Crippen LogP contribution is -2.16. The third-order valence-corrected chi connectivity index (χ3v) is 11.8. The van der Waals surface area contributed by atoms with Crippen molar-refractivity contribution in [2.45, 2.75) is 19.3 Å². The standard InChI is InChI=1S/C53H36N2/c1-53(2)48-31-35-18-7-6-17-34(35)29-46(48)45-26-14-25-44(51(45)53)42-27-28-43(40-23-12-11-22-39(40)42)49-32-50(55-52(54-49)33-15-4-3-5-16-33)47-30-36-19-8-9-20-37(36)38-21-10-13-24-41(38)47/h3-32H,1-2H3. The molecule has 1 aromatic heterocycles. The molecule has 2 heteroatoms. The second kappa shape index (κ2) is 12.1. The average molecular weight is 701 g/mol. The molecule has 0 atom stereocenters. The molecule has 0 spiro atoms. The molecular formula is C53H36N2. The van der Waals surface area contributed by atoms with Crippen molar-refractivity contribution in [3.8, 4) is 56.2 Å². The van der Waals surface area contributed by atoms with Crippen molar-refractivity contribution in [1.82, 2.24) is 9.97 Å². The summed E-state index contributed by atoms with van der Waals surface area (Å²) in [4.78, 5) is 10.6. The molecule has 0 saturated heterocycles. The van der Waals surface area contributed by atoms with Crippen LogP contribution in [0.5, 0.6) is 0 Å². The highest BCUT2D eigenvalue weighted by molar-refractivity contribution is 6.14. The third-order valence-electron chi connectivity index (χ3n) is 11.8. The molecule has 55 heavy (non-hydrogen) atoms. The maximum atomic E-state index is 5.32. The van der Waals surface area contributed by atoms with Gasteiger partial charge >= 0.3 is 0 Å². The van der Waals surface area contributed by atoms with Gasteiger partial charge in [-0.3, -0.25) is 0 Å². The SMILES string of the molecule is CC1(C)c2cc3ccccc3cc2-c2cccc(-c3ccc(-c4cc(-c5cc6ccccc6c6ccccc56)nc(-c5ccccc5)n4)c4ccccc34)c21. The fraction of sp³-hybridized carbons (Fsp3) is 0.0566. The summed E-state index contributed by atoms with van der Waals surface area (Å²) in [6.45, 7) is 4.77. The zero-order chi connectivity index (χ0) is 36.7. The van der Waals surface area contributed by atoms with Crippen molar-refractivity contribution in [3.63, 3.8) is 0 Å². The summed E-state index contributed by atoms with van der Waals surface area (Å²) >= 11 is 0. The van der Waals surface area contributed by atoms with Gasteiger partial charge in [0.25, 0.3) is 0 Å². The lowest BCUT2D eigenvalue weighted by molar-refractivity contribution is 0.663. The second-order valence-electron chi connectivity index (χ2n) is 15.3. The van der Waals surface area contributed by atoms with Crippen molar-refractivity contribution >= 4 is 43.1 Å². The van der Waals surface area contributed by atoms with Gasteiger partial charge in [0.05, 0.1) is 11.4 Å². The van der Waals surface area contributed by atoms with Crippen LogP contribution >= 0.6 is 0 Å². The lowest BCUT2D eigenvalue weighted by atomic mass is 9.78. The average Bonchev–Trinajstić information content (AvgIpc) is 3.47. The topological polar surface area (TPSA) is 25.8 Å². The van der Waals surface area contributed by atoms with Crippen LogP contribution in [-0.4, -0.2) is 9.97 Å². The van der Waals surface area contributed by atoms with E-state index in [1.165, 1.54) is 76.5 Å². The number of rotatable bonds is 4. The molecule has 0 N–H and O–H groups in total. The Hall–Kier alpha value is -6.90. The minimum Gasteiger partial charge on any atom is -0.228 e.